The van der Waals surface area contributed by atoms with Crippen LogP contribution in [0.3, 0.4) is 0 Å². The van der Waals surface area contributed by atoms with Gasteiger partial charge in [-0.1, -0.05) is 42.4 Å². The van der Waals surface area contributed by atoms with E-state index in [4.69, 9.17) is 23.7 Å². The van der Waals surface area contributed by atoms with Crippen LogP contribution < -0.4 is 0 Å². The van der Waals surface area contributed by atoms with Crippen molar-refractivity contribution >= 4 is 11.9 Å². The molecular formula is C29H38O8. The predicted molar refractivity (Wildman–Crippen MR) is 134 cm³/mol. The highest BCUT2D eigenvalue weighted by molar-refractivity contribution is 5.83. The molecule has 5 aliphatic rings. The summed E-state index contributed by atoms with van der Waals surface area (Å²) >= 11 is 0. The van der Waals surface area contributed by atoms with Crippen LogP contribution in [0.2, 0.25) is 0 Å². The molecule has 1 saturated carbocycles. The summed E-state index contributed by atoms with van der Waals surface area (Å²) in [5.41, 5.74) is 0.318. The second kappa shape index (κ2) is 9.80. The van der Waals surface area contributed by atoms with Crippen molar-refractivity contribution in [1.82, 2.24) is 0 Å². The van der Waals surface area contributed by atoms with Crippen molar-refractivity contribution in [2.24, 2.45) is 10.8 Å². The zero-order chi connectivity index (χ0) is 26.4. The predicted octanol–water partition coefficient (Wildman–Crippen LogP) is 3.34. The minimum absolute atomic E-state index is 0.144. The summed E-state index contributed by atoms with van der Waals surface area (Å²) in [6, 6.07) is 0. The third-order valence-corrected chi connectivity index (χ3v) is 9.24. The molecule has 2 bridgehead atoms. The first-order valence-corrected chi connectivity index (χ1v) is 13.3. The van der Waals surface area contributed by atoms with Gasteiger partial charge in [0.25, 0.3) is 0 Å². The number of carbonyl (C=O) groups excluding carboxylic acids is 2. The Kier molecular flexibility index (Phi) is 6.98. The second-order valence-electron chi connectivity index (χ2n) is 11.4. The summed E-state index contributed by atoms with van der Waals surface area (Å²) in [7, 11) is 0. The smallest absolute Gasteiger partial charge is 0.331 e. The van der Waals surface area contributed by atoms with Gasteiger partial charge in [-0.3, -0.25) is 0 Å². The number of aliphatic hydroxyl groups excluding tert-OH is 1. The first-order valence-electron chi connectivity index (χ1n) is 13.3. The van der Waals surface area contributed by atoms with Gasteiger partial charge in [-0.25, -0.2) is 9.59 Å². The van der Waals surface area contributed by atoms with Crippen LogP contribution in [0.4, 0.5) is 0 Å². The van der Waals surface area contributed by atoms with Gasteiger partial charge in [0.05, 0.1) is 36.9 Å². The van der Waals surface area contributed by atoms with Crippen LogP contribution >= 0.6 is 0 Å². The van der Waals surface area contributed by atoms with Gasteiger partial charge in [0, 0.05) is 24.0 Å². The van der Waals surface area contributed by atoms with Crippen LogP contribution in [0.15, 0.2) is 47.6 Å². The highest BCUT2D eigenvalue weighted by Gasteiger charge is 2.83. The van der Waals surface area contributed by atoms with Gasteiger partial charge >= 0.3 is 11.9 Å². The molecule has 2 spiro atoms. The molecule has 3 heterocycles. The molecule has 37 heavy (non-hydrogen) atoms. The molecule has 0 aromatic heterocycles. The number of cyclic esters (lactones) is 1. The molecule has 8 nitrogen and oxygen atoms in total. The number of rotatable bonds is 1. The van der Waals surface area contributed by atoms with Crippen molar-refractivity contribution < 1.29 is 38.4 Å². The van der Waals surface area contributed by atoms with E-state index in [1.165, 1.54) is 17.7 Å². The summed E-state index contributed by atoms with van der Waals surface area (Å²) in [6.07, 6.45) is 10.5. The van der Waals surface area contributed by atoms with Gasteiger partial charge in [0.15, 0.2) is 0 Å². The molecule has 0 amide bonds. The molecule has 8 atom stereocenters. The third-order valence-electron chi connectivity index (χ3n) is 9.24. The maximum Gasteiger partial charge on any atom is 0.331 e. The number of hydrogen-bond acceptors (Lipinski definition) is 8. The fourth-order valence-corrected chi connectivity index (χ4v) is 6.85. The number of ether oxygens (including phenoxy) is 5. The zero-order valence-electron chi connectivity index (χ0n) is 22.1. The standard InChI is InChI=1S/C29H38O8/c1-18-9-11-28-16-34-26(32)14-19(2)10-12-33-21(20(3)30)7-5-6-8-25(31)37-22-15-24(36-23(28)13-18)29(17-35-29)27(22,28)4/h5-8,13-14,20-24,30H,9-12,15-17H2,1-4H3/b7-5-,8-6-,19-14-/t20?,21?,22-,23-,24-,27-,28-,29-/m1/s1. The summed E-state index contributed by atoms with van der Waals surface area (Å²) in [5, 5.41) is 10.0. The van der Waals surface area contributed by atoms with Crippen molar-refractivity contribution in [2.75, 3.05) is 19.8 Å². The number of esters is 2. The Morgan fingerprint density at radius 2 is 1.84 bits per heavy atom. The number of aliphatic hydroxyl groups is 1. The lowest BCUT2D eigenvalue weighted by molar-refractivity contribution is -0.232. The minimum Gasteiger partial charge on any atom is -0.462 e. The van der Waals surface area contributed by atoms with Crippen molar-refractivity contribution in [1.29, 1.82) is 0 Å². The lowest BCUT2D eigenvalue weighted by Crippen LogP contribution is -2.66. The van der Waals surface area contributed by atoms with Crippen LogP contribution in [-0.4, -0.2) is 73.0 Å². The molecule has 2 unspecified atom stereocenters. The summed E-state index contributed by atoms with van der Waals surface area (Å²) < 4.78 is 30.6. The number of allylic oxidation sites excluding steroid dienone is 3. The number of epoxide rings is 1. The minimum atomic E-state index is -0.735. The second-order valence-corrected chi connectivity index (χ2v) is 11.4. The Balaban J connectivity index is 1.51. The first kappa shape index (κ1) is 26.4. The van der Waals surface area contributed by atoms with Crippen LogP contribution in [0.1, 0.15) is 53.4 Å². The van der Waals surface area contributed by atoms with Crippen molar-refractivity contribution in [3.8, 4) is 0 Å². The maximum atomic E-state index is 12.9. The SMILES string of the molecule is CC1=C[C@H]2O[C@@H]3C[C@H]4OC(=O)/C=C\C=C/C(C(C)O)OCC/C(C)=C\C(=O)OC[C@@]2(CC1)[C@]4(C)[C@@]31CO1. The van der Waals surface area contributed by atoms with E-state index in [1.54, 1.807) is 25.2 Å². The fraction of sp³-hybridized carbons (Fsp3) is 0.655. The average molecular weight is 515 g/mol. The molecule has 202 valence electrons. The zero-order valence-corrected chi connectivity index (χ0v) is 22.1. The van der Waals surface area contributed by atoms with Crippen molar-refractivity contribution in [2.45, 2.75) is 89.5 Å². The molecule has 1 N–H and O–H groups in total. The van der Waals surface area contributed by atoms with Gasteiger partial charge in [-0.2, -0.15) is 0 Å². The Hall–Kier alpha value is -2.26. The highest BCUT2D eigenvalue weighted by Crippen LogP contribution is 2.72. The Morgan fingerprint density at radius 1 is 1.05 bits per heavy atom. The van der Waals surface area contributed by atoms with E-state index in [1.807, 2.05) is 6.92 Å². The maximum absolute atomic E-state index is 12.9. The van der Waals surface area contributed by atoms with E-state index < -0.39 is 46.7 Å². The fourth-order valence-electron chi connectivity index (χ4n) is 6.85. The Bertz CT molecular complexity index is 1050. The van der Waals surface area contributed by atoms with E-state index in [-0.39, 0.29) is 18.8 Å². The Morgan fingerprint density at radius 3 is 2.57 bits per heavy atom. The molecule has 0 aromatic carbocycles. The van der Waals surface area contributed by atoms with Gasteiger partial charge < -0.3 is 28.8 Å². The summed E-state index contributed by atoms with van der Waals surface area (Å²) in [5.74, 6) is -0.879. The molecule has 2 aliphatic carbocycles. The monoisotopic (exact) mass is 514 g/mol. The molecule has 0 radical (unpaired) electrons. The van der Waals surface area contributed by atoms with E-state index in [9.17, 15) is 14.7 Å². The summed E-state index contributed by atoms with van der Waals surface area (Å²) in [4.78, 5) is 25.9. The van der Waals surface area contributed by atoms with Gasteiger partial charge in [0.2, 0.25) is 0 Å². The van der Waals surface area contributed by atoms with Crippen LogP contribution in [0, 0.1) is 10.8 Å². The van der Waals surface area contributed by atoms with Gasteiger partial charge in [0.1, 0.15) is 24.4 Å². The van der Waals surface area contributed by atoms with E-state index in [0.29, 0.717) is 26.1 Å². The third kappa shape index (κ3) is 4.42. The largest absolute Gasteiger partial charge is 0.462 e. The van der Waals surface area contributed by atoms with Crippen LogP contribution in [-0.2, 0) is 33.3 Å². The van der Waals surface area contributed by atoms with Crippen molar-refractivity contribution in [3.63, 3.8) is 0 Å². The van der Waals surface area contributed by atoms with E-state index >= 15 is 0 Å². The van der Waals surface area contributed by atoms with Crippen LogP contribution in [0.5, 0.6) is 0 Å². The molecule has 3 fully saturated rings. The number of hydrogen-bond donors (Lipinski definition) is 1. The first-order chi connectivity index (χ1) is 17.6. The normalized spacial score (nSPS) is 46.2. The van der Waals surface area contributed by atoms with E-state index in [2.05, 4.69) is 19.9 Å². The number of carbonyl (C=O) groups is 2. The average Bonchev–Trinajstić information content (AvgIpc) is 3.61. The lowest BCUT2D eigenvalue weighted by Gasteiger charge is -2.58. The highest BCUT2D eigenvalue weighted by atomic mass is 16.6. The molecular weight excluding hydrogens is 476 g/mol. The molecule has 0 aromatic rings. The van der Waals surface area contributed by atoms with Gasteiger partial charge in [-0.05, 0) is 40.0 Å². The van der Waals surface area contributed by atoms with Crippen molar-refractivity contribution in [3.05, 3.63) is 47.6 Å². The van der Waals surface area contributed by atoms with Crippen LogP contribution in [0.25, 0.3) is 0 Å². The topological polar surface area (TPSA) is 104 Å². The molecule has 5 rings (SSSR count). The van der Waals surface area contributed by atoms with E-state index in [0.717, 1.165) is 18.4 Å². The van der Waals surface area contributed by atoms with Gasteiger partial charge in [-0.15, -0.1) is 0 Å². The molecule has 8 heteroatoms. The lowest BCUT2D eigenvalue weighted by atomic mass is 9.51. The quantitative estimate of drug-likeness (QED) is 0.323. The summed E-state index contributed by atoms with van der Waals surface area (Å²) in [6.45, 7) is 8.73. The molecule has 2 saturated heterocycles. The Labute approximate surface area is 218 Å². The molecule has 3 aliphatic heterocycles.